The van der Waals surface area contributed by atoms with Gasteiger partial charge in [-0.1, -0.05) is 0 Å². The molecule has 48 valence electrons. The molecule has 0 fully saturated rings. The number of nitrogens with one attached hydrogen (secondary N) is 1. The van der Waals surface area contributed by atoms with E-state index in [0.717, 1.165) is 0 Å². The zero-order valence-electron chi connectivity index (χ0n) is 4.63. The summed E-state index contributed by atoms with van der Waals surface area (Å²) >= 11 is 1.33. The molecule has 0 aromatic heterocycles. The van der Waals surface area contributed by atoms with Gasteiger partial charge in [0.2, 0.25) is 5.91 Å². The van der Waals surface area contributed by atoms with Gasteiger partial charge >= 0.3 is 0 Å². The highest BCUT2D eigenvalue weighted by molar-refractivity contribution is 8.00. The Hall–Kier alpha value is -0.900. The molecule has 0 bridgehead atoms. The number of hydrogen-bond acceptors (Lipinski definition) is 3. The molecule has 0 radical (unpaired) electrons. The molecular formula is C5H6N2OS. The Bertz CT molecular complexity index is 185. The summed E-state index contributed by atoms with van der Waals surface area (Å²) in [5, 5.41) is 1.67. The molecule has 0 saturated heterocycles. The monoisotopic (exact) mass is 142 g/mol. The molecule has 1 rings (SSSR count). The highest BCUT2D eigenvalue weighted by atomic mass is 32.2. The lowest BCUT2D eigenvalue weighted by Crippen LogP contribution is -2.14. The van der Waals surface area contributed by atoms with Gasteiger partial charge in [-0.2, -0.15) is 0 Å². The topological polar surface area (TPSA) is 55.1 Å². The molecule has 0 spiro atoms. The van der Waals surface area contributed by atoms with E-state index in [-0.39, 0.29) is 5.91 Å². The van der Waals surface area contributed by atoms with Gasteiger partial charge in [-0.05, 0) is 18.0 Å². The second-order valence-corrected chi connectivity index (χ2v) is 2.21. The van der Waals surface area contributed by atoms with Crippen LogP contribution in [-0.4, -0.2) is 5.91 Å². The van der Waals surface area contributed by atoms with E-state index < -0.39 is 0 Å². The van der Waals surface area contributed by atoms with Crippen LogP contribution < -0.4 is 10.5 Å². The summed E-state index contributed by atoms with van der Waals surface area (Å²) < 4.78 is 2.82. The van der Waals surface area contributed by atoms with Crippen LogP contribution >= 0.6 is 11.9 Å². The van der Waals surface area contributed by atoms with Crippen LogP contribution in [0.15, 0.2) is 23.3 Å². The zero-order chi connectivity index (χ0) is 6.69. The second-order valence-electron chi connectivity index (χ2n) is 1.51. The second kappa shape index (κ2) is 2.59. The lowest BCUT2D eigenvalue weighted by atomic mass is 10.3. The van der Waals surface area contributed by atoms with Gasteiger partial charge in [0.15, 0.2) is 0 Å². The fourth-order valence-electron chi connectivity index (χ4n) is 0.440. The van der Waals surface area contributed by atoms with Crippen molar-refractivity contribution in [3.8, 4) is 0 Å². The van der Waals surface area contributed by atoms with Crippen LogP contribution in [0.1, 0.15) is 0 Å². The maximum atomic E-state index is 10.4. The van der Waals surface area contributed by atoms with E-state index in [2.05, 4.69) is 4.72 Å². The van der Waals surface area contributed by atoms with Crippen molar-refractivity contribution in [3.05, 3.63) is 23.3 Å². The number of nitrogens with two attached hydrogens (primary N) is 1. The first-order valence-corrected chi connectivity index (χ1v) is 3.26. The minimum Gasteiger partial charge on any atom is -0.366 e. The average molecular weight is 142 g/mol. The van der Waals surface area contributed by atoms with Crippen LogP contribution in [0.4, 0.5) is 0 Å². The van der Waals surface area contributed by atoms with Crippen molar-refractivity contribution in [3.63, 3.8) is 0 Å². The summed E-state index contributed by atoms with van der Waals surface area (Å²) in [6.45, 7) is 0. The first-order chi connectivity index (χ1) is 4.30. The van der Waals surface area contributed by atoms with Crippen molar-refractivity contribution in [2.24, 2.45) is 5.73 Å². The van der Waals surface area contributed by atoms with Gasteiger partial charge in [0, 0.05) is 17.2 Å². The van der Waals surface area contributed by atoms with Crippen molar-refractivity contribution in [1.29, 1.82) is 0 Å². The van der Waals surface area contributed by atoms with Crippen LogP contribution in [0.25, 0.3) is 0 Å². The summed E-state index contributed by atoms with van der Waals surface area (Å²) in [5.41, 5.74) is 5.51. The van der Waals surface area contributed by atoms with Crippen molar-refractivity contribution in [2.45, 2.75) is 0 Å². The highest BCUT2D eigenvalue weighted by Crippen LogP contribution is 2.08. The van der Waals surface area contributed by atoms with Crippen LogP contribution in [-0.2, 0) is 4.79 Å². The SMILES string of the molecule is NC(=O)C1=CSNC=C1. The summed E-state index contributed by atoms with van der Waals surface area (Å²) in [5.74, 6) is -0.389. The fraction of sp³-hybridized carbons (Fsp3) is 0. The zero-order valence-corrected chi connectivity index (χ0v) is 5.44. The molecule has 9 heavy (non-hydrogen) atoms. The molecule has 0 aromatic carbocycles. The predicted molar refractivity (Wildman–Crippen MR) is 37.1 cm³/mol. The lowest BCUT2D eigenvalue weighted by molar-refractivity contribution is -0.114. The minimum atomic E-state index is -0.389. The average Bonchev–Trinajstić information content (AvgIpc) is 1.90. The molecule has 0 atom stereocenters. The summed E-state index contributed by atoms with van der Waals surface area (Å²) in [6, 6.07) is 0. The Morgan fingerprint density at radius 3 is 2.89 bits per heavy atom. The number of carbonyl (C=O) groups is 1. The largest absolute Gasteiger partial charge is 0.366 e. The Labute approximate surface area is 57.1 Å². The van der Waals surface area contributed by atoms with Gasteiger partial charge in [0.1, 0.15) is 0 Å². The van der Waals surface area contributed by atoms with Crippen LogP contribution in [0, 0.1) is 0 Å². The maximum absolute atomic E-state index is 10.4. The van der Waals surface area contributed by atoms with Crippen LogP contribution in [0.5, 0.6) is 0 Å². The van der Waals surface area contributed by atoms with Crippen LogP contribution in [0.2, 0.25) is 0 Å². The smallest absolute Gasteiger partial charge is 0.249 e. The number of primary amides is 1. The molecule has 0 aromatic rings. The third kappa shape index (κ3) is 1.50. The molecule has 0 unspecified atom stereocenters. The molecule has 4 heteroatoms. The van der Waals surface area contributed by atoms with E-state index in [1.165, 1.54) is 11.9 Å². The quantitative estimate of drug-likeness (QED) is 0.511. The number of amides is 1. The number of carbonyl (C=O) groups excluding carboxylic acids is 1. The van der Waals surface area contributed by atoms with Crippen molar-refractivity contribution >= 4 is 17.9 Å². The fourth-order valence-corrected chi connectivity index (χ4v) is 0.976. The number of rotatable bonds is 1. The summed E-state index contributed by atoms with van der Waals surface area (Å²) in [6.07, 6.45) is 3.31. The van der Waals surface area contributed by atoms with Crippen molar-refractivity contribution in [1.82, 2.24) is 4.72 Å². The summed E-state index contributed by atoms with van der Waals surface area (Å²) in [7, 11) is 0. The van der Waals surface area contributed by atoms with Gasteiger partial charge in [0.05, 0.1) is 0 Å². The standard InChI is InChI=1S/C5H6N2OS/c6-5(8)4-1-2-7-9-3-4/h1-3,7H,(H2,6,8). The highest BCUT2D eigenvalue weighted by Gasteiger charge is 2.01. The van der Waals surface area contributed by atoms with E-state index in [1.807, 2.05) is 0 Å². The third-order valence-electron chi connectivity index (χ3n) is 0.869. The Morgan fingerprint density at radius 2 is 2.56 bits per heavy atom. The van der Waals surface area contributed by atoms with Crippen LogP contribution in [0.3, 0.4) is 0 Å². The van der Waals surface area contributed by atoms with E-state index in [4.69, 9.17) is 5.73 Å². The number of hydrogen-bond donors (Lipinski definition) is 2. The normalized spacial score (nSPS) is 16.2. The molecule has 0 saturated carbocycles. The third-order valence-corrected chi connectivity index (χ3v) is 1.51. The first kappa shape index (κ1) is 6.22. The molecule has 1 heterocycles. The molecule has 3 N–H and O–H groups in total. The Kier molecular flexibility index (Phi) is 1.79. The maximum Gasteiger partial charge on any atom is 0.249 e. The summed E-state index contributed by atoms with van der Waals surface area (Å²) in [4.78, 5) is 10.4. The van der Waals surface area contributed by atoms with Crippen molar-refractivity contribution < 1.29 is 4.79 Å². The van der Waals surface area contributed by atoms with Gasteiger partial charge in [-0.3, -0.25) is 4.79 Å². The molecule has 1 aliphatic heterocycles. The molecule has 3 nitrogen and oxygen atoms in total. The first-order valence-electron chi connectivity index (χ1n) is 2.38. The van der Waals surface area contributed by atoms with Gasteiger partial charge in [0.25, 0.3) is 0 Å². The Morgan fingerprint density at radius 1 is 1.78 bits per heavy atom. The van der Waals surface area contributed by atoms with E-state index in [9.17, 15) is 4.79 Å². The van der Waals surface area contributed by atoms with Gasteiger partial charge in [-0.25, -0.2) is 0 Å². The Balaban J connectivity index is 2.69. The van der Waals surface area contributed by atoms with Gasteiger partial charge < -0.3 is 10.5 Å². The molecule has 1 amide bonds. The molecular weight excluding hydrogens is 136 g/mol. The molecule has 1 aliphatic rings. The van der Waals surface area contributed by atoms with E-state index >= 15 is 0 Å². The van der Waals surface area contributed by atoms with Gasteiger partial charge in [-0.15, -0.1) is 0 Å². The van der Waals surface area contributed by atoms with E-state index in [1.54, 1.807) is 17.7 Å². The lowest BCUT2D eigenvalue weighted by Gasteiger charge is -2.01. The van der Waals surface area contributed by atoms with Crippen molar-refractivity contribution in [2.75, 3.05) is 0 Å². The molecule has 0 aliphatic carbocycles. The minimum absolute atomic E-state index is 0.389. The predicted octanol–water partition coefficient (Wildman–Crippen LogP) is 0.121. The van der Waals surface area contributed by atoms with E-state index in [0.29, 0.717) is 5.57 Å².